The maximum Gasteiger partial charge on any atom is 0.357 e. The van der Waals surface area contributed by atoms with Gasteiger partial charge in [-0.3, -0.25) is 9.59 Å². The Morgan fingerprint density at radius 2 is 1.67 bits per heavy atom. The summed E-state index contributed by atoms with van der Waals surface area (Å²) in [5, 5.41) is 16.4. The van der Waals surface area contributed by atoms with Gasteiger partial charge >= 0.3 is 5.97 Å². The number of hydrogen-bond acceptors (Lipinski definition) is 4. The minimum Gasteiger partial charge on any atom is -0.476 e. The van der Waals surface area contributed by atoms with E-state index in [2.05, 4.69) is 10.4 Å². The molecule has 1 amide bonds. The van der Waals surface area contributed by atoms with Crippen LogP contribution in [-0.2, 0) is 17.8 Å². The zero-order chi connectivity index (χ0) is 19.2. The average Bonchev–Trinajstić information content (AvgIpc) is 2.68. The van der Waals surface area contributed by atoms with Crippen LogP contribution in [0.1, 0.15) is 22.5 Å². The molecular formula is C20H19N3O4. The van der Waals surface area contributed by atoms with Crippen molar-refractivity contribution >= 4 is 22.6 Å². The summed E-state index contributed by atoms with van der Waals surface area (Å²) < 4.78 is 0.901. The average molecular weight is 365 g/mol. The van der Waals surface area contributed by atoms with Gasteiger partial charge < -0.3 is 10.4 Å². The second kappa shape index (κ2) is 8.27. The SMILES string of the molecule is O=C(Cn1nc(C(=O)O)c2ccccc2c1=O)NCCCc1ccccc1. The van der Waals surface area contributed by atoms with Gasteiger partial charge in [0.2, 0.25) is 5.91 Å². The van der Waals surface area contributed by atoms with Gasteiger partial charge in [0.15, 0.2) is 5.69 Å². The quantitative estimate of drug-likeness (QED) is 0.622. The fraction of sp³-hybridized carbons (Fsp3) is 0.200. The molecule has 0 aliphatic carbocycles. The van der Waals surface area contributed by atoms with Gasteiger partial charge in [0.1, 0.15) is 6.54 Å². The molecule has 0 aliphatic rings. The highest BCUT2D eigenvalue weighted by Gasteiger charge is 2.16. The Bertz CT molecular complexity index is 1030. The van der Waals surface area contributed by atoms with E-state index < -0.39 is 11.5 Å². The molecule has 0 unspecified atom stereocenters. The van der Waals surface area contributed by atoms with Gasteiger partial charge in [-0.05, 0) is 24.5 Å². The van der Waals surface area contributed by atoms with Crippen LogP contribution in [0.4, 0.5) is 0 Å². The summed E-state index contributed by atoms with van der Waals surface area (Å²) in [6.07, 6.45) is 1.59. The number of amides is 1. The third-order valence-electron chi connectivity index (χ3n) is 4.17. The minimum atomic E-state index is -1.25. The molecule has 0 spiro atoms. The van der Waals surface area contributed by atoms with Crippen LogP contribution in [0.15, 0.2) is 59.4 Å². The number of nitrogens with zero attached hydrogens (tertiary/aromatic N) is 2. The third-order valence-corrected chi connectivity index (χ3v) is 4.17. The molecule has 2 aromatic carbocycles. The van der Waals surface area contributed by atoms with E-state index in [0.29, 0.717) is 6.54 Å². The van der Waals surface area contributed by atoms with Crippen molar-refractivity contribution in [3.8, 4) is 0 Å². The molecule has 1 aromatic heterocycles. The molecule has 0 atom stereocenters. The summed E-state index contributed by atoms with van der Waals surface area (Å²) in [5.41, 5.74) is 0.447. The molecule has 0 saturated heterocycles. The molecule has 3 aromatic rings. The standard InChI is InChI=1S/C20H19N3O4/c24-17(21-12-6-9-14-7-2-1-3-8-14)13-23-19(25)16-11-5-4-10-15(16)18(22-23)20(26)27/h1-5,7-8,10-11H,6,9,12-13H2,(H,21,24)(H,26,27). The van der Waals surface area contributed by atoms with Crippen molar-refractivity contribution in [2.45, 2.75) is 19.4 Å². The van der Waals surface area contributed by atoms with Crippen LogP contribution in [0, 0.1) is 0 Å². The molecule has 0 aliphatic heterocycles. The van der Waals surface area contributed by atoms with Crippen molar-refractivity contribution < 1.29 is 14.7 Å². The monoisotopic (exact) mass is 365 g/mol. The lowest BCUT2D eigenvalue weighted by Gasteiger charge is -2.09. The molecule has 2 N–H and O–H groups in total. The molecule has 1 heterocycles. The lowest BCUT2D eigenvalue weighted by Crippen LogP contribution is -2.35. The van der Waals surface area contributed by atoms with Gasteiger partial charge in [-0.2, -0.15) is 5.10 Å². The number of carbonyl (C=O) groups excluding carboxylic acids is 1. The number of aromatic carboxylic acids is 1. The van der Waals surface area contributed by atoms with Crippen molar-refractivity contribution in [3.05, 3.63) is 76.2 Å². The second-order valence-corrected chi connectivity index (χ2v) is 6.10. The molecule has 0 bridgehead atoms. The van der Waals surface area contributed by atoms with E-state index in [9.17, 15) is 19.5 Å². The van der Waals surface area contributed by atoms with Crippen LogP contribution in [0.2, 0.25) is 0 Å². The predicted octanol–water partition coefficient (Wildman–Crippen LogP) is 1.84. The van der Waals surface area contributed by atoms with Crippen LogP contribution < -0.4 is 10.9 Å². The Hall–Kier alpha value is -3.48. The van der Waals surface area contributed by atoms with E-state index in [-0.39, 0.29) is 28.9 Å². The summed E-state index contributed by atoms with van der Waals surface area (Å²) in [6.45, 7) is 0.136. The molecule has 7 nitrogen and oxygen atoms in total. The fourth-order valence-corrected chi connectivity index (χ4v) is 2.86. The smallest absolute Gasteiger partial charge is 0.357 e. The van der Waals surface area contributed by atoms with E-state index in [1.54, 1.807) is 12.1 Å². The molecule has 0 saturated carbocycles. The Balaban J connectivity index is 1.67. The van der Waals surface area contributed by atoms with Gasteiger partial charge in [0.25, 0.3) is 5.56 Å². The number of benzene rings is 2. The largest absolute Gasteiger partial charge is 0.476 e. The first-order valence-electron chi connectivity index (χ1n) is 8.60. The first kappa shape index (κ1) is 18.3. The minimum absolute atomic E-state index is 0.224. The van der Waals surface area contributed by atoms with Crippen molar-refractivity contribution in [2.24, 2.45) is 0 Å². The number of carbonyl (C=O) groups is 2. The lowest BCUT2D eigenvalue weighted by molar-refractivity contribution is -0.121. The number of hydrogen-bond donors (Lipinski definition) is 2. The first-order valence-corrected chi connectivity index (χ1v) is 8.60. The van der Waals surface area contributed by atoms with Crippen LogP contribution in [0.5, 0.6) is 0 Å². The topological polar surface area (TPSA) is 101 Å². The summed E-state index contributed by atoms with van der Waals surface area (Å²) >= 11 is 0. The number of carboxylic acid groups (broad SMARTS) is 1. The number of nitrogens with one attached hydrogen (secondary N) is 1. The lowest BCUT2D eigenvalue weighted by atomic mass is 10.1. The zero-order valence-corrected chi connectivity index (χ0v) is 14.6. The fourth-order valence-electron chi connectivity index (χ4n) is 2.86. The summed E-state index contributed by atoms with van der Waals surface area (Å²) in [5.74, 6) is -1.63. The van der Waals surface area contributed by atoms with Crippen LogP contribution in [0.3, 0.4) is 0 Å². The highest BCUT2D eigenvalue weighted by Crippen LogP contribution is 2.13. The maximum absolute atomic E-state index is 12.5. The molecule has 3 rings (SSSR count). The Morgan fingerprint density at radius 1 is 1.00 bits per heavy atom. The van der Waals surface area contributed by atoms with Crippen LogP contribution in [-0.4, -0.2) is 33.3 Å². The zero-order valence-electron chi connectivity index (χ0n) is 14.6. The summed E-state index contributed by atoms with van der Waals surface area (Å²) in [4.78, 5) is 36.0. The van der Waals surface area contributed by atoms with Crippen molar-refractivity contribution in [3.63, 3.8) is 0 Å². The summed E-state index contributed by atoms with van der Waals surface area (Å²) in [7, 11) is 0. The second-order valence-electron chi connectivity index (χ2n) is 6.10. The highest BCUT2D eigenvalue weighted by molar-refractivity contribution is 6.01. The molecule has 27 heavy (non-hydrogen) atoms. The van der Waals surface area contributed by atoms with E-state index in [1.807, 2.05) is 30.3 Å². The predicted molar refractivity (Wildman–Crippen MR) is 101 cm³/mol. The van der Waals surface area contributed by atoms with Crippen LogP contribution in [0.25, 0.3) is 10.8 Å². The highest BCUT2D eigenvalue weighted by atomic mass is 16.4. The molecule has 0 fully saturated rings. The van der Waals surface area contributed by atoms with Gasteiger partial charge in [-0.1, -0.05) is 48.5 Å². The van der Waals surface area contributed by atoms with Crippen LogP contribution >= 0.6 is 0 Å². The van der Waals surface area contributed by atoms with Gasteiger partial charge in [-0.15, -0.1) is 0 Å². The number of fused-ring (bicyclic) bond motifs is 1. The van der Waals surface area contributed by atoms with E-state index in [0.717, 1.165) is 17.5 Å². The molecular weight excluding hydrogens is 346 g/mol. The number of aromatic nitrogens is 2. The first-order chi connectivity index (χ1) is 13.1. The van der Waals surface area contributed by atoms with Gasteiger partial charge in [0.05, 0.1) is 5.39 Å². The third kappa shape index (κ3) is 4.38. The summed E-state index contributed by atoms with van der Waals surface area (Å²) in [6, 6.07) is 16.3. The van der Waals surface area contributed by atoms with Gasteiger partial charge in [0, 0.05) is 11.9 Å². The van der Waals surface area contributed by atoms with Gasteiger partial charge in [-0.25, -0.2) is 9.48 Å². The Kier molecular flexibility index (Phi) is 5.61. The number of rotatable bonds is 7. The van der Waals surface area contributed by atoms with E-state index in [4.69, 9.17) is 0 Å². The Morgan fingerprint density at radius 3 is 2.37 bits per heavy atom. The molecule has 138 valence electrons. The maximum atomic E-state index is 12.5. The number of carboxylic acids is 1. The number of aryl methyl sites for hydroxylation is 1. The normalized spacial score (nSPS) is 10.7. The van der Waals surface area contributed by atoms with Crippen molar-refractivity contribution in [2.75, 3.05) is 6.54 Å². The Labute approximate surface area is 155 Å². The van der Waals surface area contributed by atoms with Crippen molar-refractivity contribution in [1.29, 1.82) is 0 Å². The van der Waals surface area contributed by atoms with Crippen molar-refractivity contribution in [1.82, 2.24) is 15.1 Å². The molecule has 0 radical (unpaired) electrons. The van der Waals surface area contributed by atoms with E-state index in [1.165, 1.54) is 17.7 Å². The molecule has 7 heteroatoms. The van der Waals surface area contributed by atoms with E-state index >= 15 is 0 Å².